The summed E-state index contributed by atoms with van der Waals surface area (Å²) in [5.41, 5.74) is 5.87. The fourth-order valence-electron chi connectivity index (χ4n) is 3.95. The molecule has 0 saturated heterocycles. The number of primary amides is 1. The third-order valence-corrected chi connectivity index (χ3v) is 6.61. The lowest BCUT2D eigenvalue weighted by molar-refractivity contribution is -0.140. The zero-order valence-electron chi connectivity index (χ0n) is 20.3. The van der Waals surface area contributed by atoms with E-state index >= 15 is 0 Å². The van der Waals surface area contributed by atoms with Crippen LogP contribution in [0.4, 0.5) is 23.8 Å². The number of nitrogens with two attached hydrogens (primary N) is 1. The Hall–Kier alpha value is -4.26. The van der Waals surface area contributed by atoms with Gasteiger partial charge in [-0.2, -0.15) is 13.2 Å². The van der Waals surface area contributed by atoms with Gasteiger partial charge in [0.2, 0.25) is 5.43 Å². The summed E-state index contributed by atoms with van der Waals surface area (Å²) in [5.74, 6) is -0.704. The van der Waals surface area contributed by atoms with Gasteiger partial charge in [0.1, 0.15) is 16.4 Å². The van der Waals surface area contributed by atoms with E-state index in [1.165, 1.54) is 18.5 Å². The number of carbonyl (C=O) groups is 2. The topological polar surface area (TPSA) is 132 Å². The highest BCUT2D eigenvalue weighted by molar-refractivity contribution is 7.13. The summed E-state index contributed by atoms with van der Waals surface area (Å²) in [6.45, 7) is 4.47. The molecule has 198 valence electrons. The van der Waals surface area contributed by atoms with Gasteiger partial charge in [0.25, 0.3) is 5.91 Å². The summed E-state index contributed by atoms with van der Waals surface area (Å²) in [6.07, 6.45) is -1.55. The normalized spacial score (nSPS) is 11.5. The van der Waals surface area contributed by atoms with Crippen molar-refractivity contribution in [2.24, 2.45) is 5.73 Å². The number of anilines is 1. The summed E-state index contributed by atoms with van der Waals surface area (Å²) in [6, 6.07) is 6.10. The first-order valence-corrected chi connectivity index (χ1v) is 12.4. The van der Waals surface area contributed by atoms with Crippen molar-refractivity contribution in [2.45, 2.75) is 33.0 Å². The van der Waals surface area contributed by atoms with E-state index in [1.54, 1.807) is 29.7 Å². The number of aryl methyl sites for hydroxylation is 1. The van der Waals surface area contributed by atoms with Gasteiger partial charge in [-0.3, -0.25) is 14.9 Å². The zero-order chi connectivity index (χ0) is 27.6. The number of fused-ring (bicyclic) bond motifs is 1. The lowest BCUT2D eigenvalue weighted by atomic mass is 9.99. The number of aromatic nitrogens is 3. The third-order valence-electron chi connectivity index (χ3n) is 5.74. The highest BCUT2D eigenvalue weighted by Gasteiger charge is 2.34. The Morgan fingerprint density at radius 1 is 1.18 bits per heavy atom. The number of urea groups is 1. The summed E-state index contributed by atoms with van der Waals surface area (Å²) in [5, 5.41) is 6.42. The Morgan fingerprint density at radius 3 is 2.58 bits per heavy atom. The largest absolute Gasteiger partial charge is 0.434 e. The standard InChI is InChI=1S/C25H23F3N6O3S/c1-3-30-24(37)33-20-9-15(23-32-19(12-38-23)25(26,27)28)14(10-31-20)7-13-5-6-18-16(8-13)21(35)17(22(29)36)11-34(18)4-2/h5-6,8-12H,3-4,7H2,1-2H3,(H2,29,36)(H2,30,31,33,37). The number of amides is 3. The van der Waals surface area contributed by atoms with Crippen molar-refractivity contribution in [1.29, 1.82) is 0 Å². The molecule has 3 amide bonds. The Bertz CT molecular complexity index is 1600. The molecule has 0 saturated carbocycles. The first-order chi connectivity index (χ1) is 18.0. The molecular weight excluding hydrogens is 521 g/mol. The third kappa shape index (κ3) is 5.52. The second kappa shape index (κ2) is 10.6. The van der Waals surface area contributed by atoms with Crippen molar-refractivity contribution in [3.63, 3.8) is 0 Å². The SMILES string of the molecule is CCNC(=O)Nc1cc(-c2nc(C(F)(F)F)cs2)c(Cc2ccc3c(c2)c(=O)c(C(N)=O)cn3CC)cn1. The number of nitrogens with one attached hydrogen (secondary N) is 2. The number of alkyl halides is 3. The molecule has 0 radical (unpaired) electrons. The van der Waals surface area contributed by atoms with E-state index in [0.29, 0.717) is 40.7 Å². The average molecular weight is 545 g/mol. The van der Waals surface area contributed by atoms with Gasteiger partial charge in [0, 0.05) is 41.8 Å². The van der Waals surface area contributed by atoms with Gasteiger partial charge in [-0.15, -0.1) is 11.3 Å². The second-order valence-electron chi connectivity index (χ2n) is 8.30. The number of halogens is 3. The molecule has 38 heavy (non-hydrogen) atoms. The Balaban J connectivity index is 1.80. The molecule has 1 aromatic carbocycles. The maximum atomic E-state index is 13.2. The van der Waals surface area contributed by atoms with E-state index in [1.807, 2.05) is 6.92 Å². The molecule has 9 nitrogen and oxygen atoms in total. The molecule has 4 aromatic rings. The monoisotopic (exact) mass is 544 g/mol. The van der Waals surface area contributed by atoms with E-state index in [2.05, 4.69) is 20.6 Å². The molecule has 4 rings (SSSR count). The molecule has 0 unspecified atom stereocenters. The number of hydrogen-bond donors (Lipinski definition) is 3. The highest BCUT2D eigenvalue weighted by Crippen LogP contribution is 2.36. The van der Waals surface area contributed by atoms with Gasteiger partial charge in [-0.1, -0.05) is 6.07 Å². The molecule has 0 aliphatic heterocycles. The minimum absolute atomic E-state index is 0.0961. The molecule has 0 fully saturated rings. The number of nitrogens with zero attached hydrogens (tertiary/aromatic N) is 3. The van der Waals surface area contributed by atoms with Gasteiger partial charge in [-0.05, 0) is 49.6 Å². The van der Waals surface area contributed by atoms with E-state index < -0.39 is 29.2 Å². The van der Waals surface area contributed by atoms with Crippen LogP contribution in [0.25, 0.3) is 21.5 Å². The van der Waals surface area contributed by atoms with Gasteiger partial charge in [-0.25, -0.2) is 14.8 Å². The average Bonchev–Trinajstić information content (AvgIpc) is 3.36. The van der Waals surface area contributed by atoms with Crippen LogP contribution in [0.3, 0.4) is 0 Å². The van der Waals surface area contributed by atoms with E-state index in [9.17, 15) is 27.6 Å². The summed E-state index contributed by atoms with van der Waals surface area (Å²) in [4.78, 5) is 44.7. The van der Waals surface area contributed by atoms with Crippen LogP contribution in [0.5, 0.6) is 0 Å². The molecule has 0 aliphatic carbocycles. The van der Waals surface area contributed by atoms with Crippen LogP contribution in [0.2, 0.25) is 0 Å². The van der Waals surface area contributed by atoms with Crippen LogP contribution in [0, 0.1) is 0 Å². The zero-order valence-corrected chi connectivity index (χ0v) is 21.2. The molecule has 0 atom stereocenters. The summed E-state index contributed by atoms with van der Waals surface area (Å²) < 4.78 is 41.5. The van der Waals surface area contributed by atoms with Crippen molar-refractivity contribution in [2.75, 3.05) is 11.9 Å². The van der Waals surface area contributed by atoms with Gasteiger partial charge < -0.3 is 15.6 Å². The van der Waals surface area contributed by atoms with Crippen molar-refractivity contribution >= 4 is 40.0 Å². The van der Waals surface area contributed by atoms with Gasteiger partial charge >= 0.3 is 12.2 Å². The number of pyridine rings is 2. The van der Waals surface area contributed by atoms with Crippen LogP contribution in [0.15, 0.2) is 46.8 Å². The number of benzene rings is 1. The lowest BCUT2D eigenvalue weighted by Gasteiger charge is -2.13. The molecule has 0 bridgehead atoms. The Morgan fingerprint density at radius 2 is 1.95 bits per heavy atom. The van der Waals surface area contributed by atoms with Gasteiger partial charge in [0.05, 0.1) is 5.52 Å². The van der Waals surface area contributed by atoms with E-state index in [0.717, 1.165) is 16.7 Å². The number of hydrogen-bond acceptors (Lipinski definition) is 6. The summed E-state index contributed by atoms with van der Waals surface area (Å²) >= 11 is 0.815. The molecule has 0 aliphatic rings. The lowest BCUT2D eigenvalue weighted by Crippen LogP contribution is -2.28. The van der Waals surface area contributed by atoms with Crippen LogP contribution < -0.4 is 21.8 Å². The molecule has 3 heterocycles. The summed E-state index contributed by atoms with van der Waals surface area (Å²) in [7, 11) is 0. The molecule has 0 spiro atoms. The maximum Gasteiger partial charge on any atom is 0.434 e. The van der Waals surface area contributed by atoms with Crippen LogP contribution >= 0.6 is 11.3 Å². The first-order valence-electron chi connectivity index (χ1n) is 11.5. The smallest absolute Gasteiger partial charge is 0.365 e. The molecule has 4 N–H and O–H groups in total. The van der Waals surface area contributed by atoms with Gasteiger partial charge in [0.15, 0.2) is 5.69 Å². The highest BCUT2D eigenvalue weighted by atomic mass is 32.1. The second-order valence-corrected chi connectivity index (χ2v) is 9.16. The van der Waals surface area contributed by atoms with Crippen LogP contribution in [-0.2, 0) is 19.1 Å². The fraction of sp³-hybridized carbons (Fsp3) is 0.240. The van der Waals surface area contributed by atoms with E-state index in [4.69, 9.17) is 5.73 Å². The van der Waals surface area contributed by atoms with Crippen molar-refractivity contribution in [3.8, 4) is 10.6 Å². The Labute approximate surface area is 218 Å². The predicted molar refractivity (Wildman–Crippen MR) is 138 cm³/mol. The minimum atomic E-state index is -4.61. The number of carbonyl (C=O) groups excluding carboxylic acids is 2. The molecular formula is C25H23F3N6O3S. The first kappa shape index (κ1) is 26.8. The molecule has 3 aromatic heterocycles. The van der Waals surface area contributed by atoms with Crippen molar-refractivity contribution < 1.29 is 22.8 Å². The van der Waals surface area contributed by atoms with Crippen molar-refractivity contribution in [3.05, 3.63) is 74.6 Å². The number of thiazole rings is 1. The van der Waals surface area contributed by atoms with E-state index in [-0.39, 0.29) is 22.8 Å². The Kier molecular flexibility index (Phi) is 7.49. The van der Waals surface area contributed by atoms with Crippen LogP contribution in [0.1, 0.15) is 41.0 Å². The predicted octanol–water partition coefficient (Wildman–Crippen LogP) is 4.39. The quantitative estimate of drug-likeness (QED) is 0.318. The minimum Gasteiger partial charge on any atom is -0.365 e. The molecule has 13 heteroatoms. The van der Waals surface area contributed by atoms with Crippen molar-refractivity contribution in [1.82, 2.24) is 19.9 Å². The number of rotatable bonds is 7. The fourth-order valence-corrected chi connectivity index (χ4v) is 4.83. The van der Waals surface area contributed by atoms with Crippen LogP contribution in [-0.4, -0.2) is 33.0 Å². The maximum absolute atomic E-state index is 13.2.